The van der Waals surface area contributed by atoms with Gasteiger partial charge in [0.05, 0.1) is 12.9 Å². The van der Waals surface area contributed by atoms with Crippen molar-refractivity contribution >= 4 is 0 Å². The molecule has 1 aliphatic heterocycles. The molecule has 1 heterocycles. The van der Waals surface area contributed by atoms with Gasteiger partial charge in [0.2, 0.25) is 0 Å². The van der Waals surface area contributed by atoms with Gasteiger partial charge in [-0.05, 0) is 20.8 Å². The molecule has 1 fully saturated rings. The van der Waals surface area contributed by atoms with Crippen LogP contribution in [0.5, 0.6) is 0 Å². The third kappa shape index (κ3) is 2.74. The normalized spacial score (nSPS) is 33.7. The zero-order valence-electron chi connectivity index (χ0n) is 11.8. The van der Waals surface area contributed by atoms with Gasteiger partial charge in [-0.2, -0.15) is 22.0 Å². The first-order valence-corrected chi connectivity index (χ1v) is 6.14. The molecule has 0 aromatic carbocycles. The lowest BCUT2D eigenvalue weighted by Gasteiger charge is -2.39. The van der Waals surface area contributed by atoms with Crippen LogP contribution in [0.2, 0.25) is 0 Å². The van der Waals surface area contributed by atoms with E-state index in [2.05, 4.69) is 20.8 Å². The van der Waals surface area contributed by atoms with Crippen LogP contribution in [0.25, 0.3) is 0 Å². The van der Waals surface area contributed by atoms with E-state index in [1.165, 1.54) is 6.92 Å². The Hall–Kier alpha value is -0.930. The molecule has 0 spiro atoms. The van der Waals surface area contributed by atoms with E-state index in [0.717, 1.165) is 13.8 Å². The van der Waals surface area contributed by atoms with Crippen molar-refractivity contribution in [2.45, 2.75) is 50.5 Å². The Bertz CT molecular complexity index is 386. The molecule has 0 bridgehead atoms. The van der Waals surface area contributed by atoms with Crippen LogP contribution in [0.1, 0.15) is 20.8 Å². The van der Waals surface area contributed by atoms with Gasteiger partial charge in [-0.15, -0.1) is 0 Å². The summed E-state index contributed by atoms with van der Waals surface area (Å²) in [6.07, 6.45) is -6.41. The number of hydrogen-bond donors (Lipinski definition) is 0. The standard InChI is InChI=1S/C12H17F5O4/c1-5-18-8(3)21-11(12(15,16)17)10(13,14)9(4,7-20-11)19-6-2/h6,8H,2,5,7H2,1,3-4H3. The van der Waals surface area contributed by atoms with Gasteiger partial charge in [0, 0.05) is 6.61 Å². The predicted molar refractivity (Wildman–Crippen MR) is 61.5 cm³/mol. The minimum Gasteiger partial charge on any atom is -0.487 e. The second-order valence-corrected chi connectivity index (χ2v) is 4.63. The highest BCUT2D eigenvalue weighted by Gasteiger charge is 2.84. The maximum Gasteiger partial charge on any atom is 0.450 e. The van der Waals surface area contributed by atoms with E-state index in [0.29, 0.717) is 6.26 Å². The van der Waals surface area contributed by atoms with Gasteiger partial charge in [0.1, 0.15) is 0 Å². The predicted octanol–water partition coefficient (Wildman–Crippen LogP) is 3.23. The fourth-order valence-electron chi connectivity index (χ4n) is 2.00. The van der Waals surface area contributed by atoms with Crippen molar-refractivity contribution in [3.63, 3.8) is 0 Å². The molecule has 0 aromatic rings. The van der Waals surface area contributed by atoms with E-state index < -0.39 is 36.4 Å². The van der Waals surface area contributed by atoms with Gasteiger partial charge < -0.3 is 18.9 Å². The fraction of sp³-hybridized carbons (Fsp3) is 0.833. The van der Waals surface area contributed by atoms with Gasteiger partial charge in [-0.3, -0.25) is 0 Å². The molecule has 9 heteroatoms. The van der Waals surface area contributed by atoms with Gasteiger partial charge in [0.25, 0.3) is 0 Å². The van der Waals surface area contributed by atoms with E-state index in [-0.39, 0.29) is 6.61 Å². The first kappa shape index (κ1) is 18.1. The average molecular weight is 320 g/mol. The number of halogens is 5. The maximum atomic E-state index is 14.4. The Morgan fingerprint density at radius 2 is 1.95 bits per heavy atom. The topological polar surface area (TPSA) is 36.9 Å². The second kappa shape index (κ2) is 5.69. The van der Waals surface area contributed by atoms with Crippen molar-refractivity contribution in [2.75, 3.05) is 13.2 Å². The summed E-state index contributed by atoms with van der Waals surface area (Å²) in [5.74, 6) is -8.66. The van der Waals surface area contributed by atoms with Crippen LogP contribution >= 0.6 is 0 Å². The number of hydrogen-bond acceptors (Lipinski definition) is 4. The summed E-state index contributed by atoms with van der Waals surface area (Å²) >= 11 is 0. The molecule has 4 nitrogen and oxygen atoms in total. The Labute approximate surface area is 118 Å². The largest absolute Gasteiger partial charge is 0.487 e. The Kier molecular flexibility index (Phi) is 4.91. The van der Waals surface area contributed by atoms with Crippen LogP contribution in [0.3, 0.4) is 0 Å². The van der Waals surface area contributed by atoms with Crippen LogP contribution in [0.4, 0.5) is 22.0 Å². The molecule has 0 aromatic heterocycles. The Morgan fingerprint density at radius 3 is 2.38 bits per heavy atom. The molecule has 124 valence electrons. The summed E-state index contributed by atoms with van der Waals surface area (Å²) in [6.45, 7) is 5.38. The third-order valence-electron chi connectivity index (χ3n) is 3.08. The summed E-state index contributed by atoms with van der Waals surface area (Å²) in [6, 6.07) is 0. The second-order valence-electron chi connectivity index (χ2n) is 4.63. The minimum atomic E-state index is -5.50. The highest BCUT2D eigenvalue weighted by Crippen LogP contribution is 2.56. The number of ether oxygens (including phenoxy) is 4. The van der Waals surface area contributed by atoms with Crippen LogP contribution in [0, 0.1) is 0 Å². The molecule has 21 heavy (non-hydrogen) atoms. The summed E-state index contributed by atoms with van der Waals surface area (Å²) in [4.78, 5) is 0. The van der Waals surface area contributed by atoms with Crippen LogP contribution in [-0.4, -0.2) is 43.0 Å². The lowest BCUT2D eigenvalue weighted by molar-refractivity contribution is -0.447. The molecule has 0 N–H and O–H groups in total. The van der Waals surface area contributed by atoms with Crippen LogP contribution < -0.4 is 0 Å². The molecule has 3 atom stereocenters. The Balaban J connectivity index is 3.24. The zero-order chi connectivity index (χ0) is 16.5. The van der Waals surface area contributed by atoms with E-state index in [9.17, 15) is 22.0 Å². The van der Waals surface area contributed by atoms with E-state index in [4.69, 9.17) is 4.74 Å². The molecule has 1 aliphatic rings. The van der Waals surface area contributed by atoms with Crippen molar-refractivity contribution in [3.05, 3.63) is 12.8 Å². The van der Waals surface area contributed by atoms with Crippen molar-refractivity contribution in [2.24, 2.45) is 0 Å². The van der Waals surface area contributed by atoms with E-state index in [1.807, 2.05) is 0 Å². The quantitative estimate of drug-likeness (QED) is 0.428. The van der Waals surface area contributed by atoms with Crippen molar-refractivity contribution < 1.29 is 40.9 Å². The third-order valence-corrected chi connectivity index (χ3v) is 3.08. The highest BCUT2D eigenvalue weighted by molar-refractivity contribution is 5.11. The molecule has 0 amide bonds. The fourth-order valence-corrected chi connectivity index (χ4v) is 2.00. The molecule has 0 radical (unpaired) electrons. The lowest BCUT2D eigenvalue weighted by atomic mass is 9.94. The first-order chi connectivity index (χ1) is 9.47. The van der Waals surface area contributed by atoms with Gasteiger partial charge >= 0.3 is 17.9 Å². The number of alkyl halides is 5. The average Bonchev–Trinajstić information content (AvgIpc) is 2.51. The molecular formula is C12H17F5O4. The Morgan fingerprint density at radius 1 is 1.38 bits per heavy atom. The van der Waals surface area contributed by atoms with Crippen molar-refractivity contribution in [1.29, 1.82) is 0 Å². The first-order valence-electron chi connectivity index (χ1n) is 6.14. The van der Waals surface area contributed by atoms with Gasteiger partial charge in [-0.25, -0.2) is 0 Å². The smallest absolute Gasteiger partial charge is 0.450 e. The van der Waals surface area contributed by atoms with Crippen molar-refractivity contribution in [1.82, 2.24) is 0 Å². The van der Waals surface area contributed by atoms with Crippen LogP contribution in [0.15, 0.2) is 12.8 Å². The molecule has 1 rings (SSSR count). The van der Waals surface area contributed by atoms with Crippen LogP contribution in [-0.2, 0) is 18.9 Å². The summed E-state index contributed by atoms with van der Waals surface area (Å²) in [5.41, 5.74) is -2.56. The monoisotopic (exact) mass is 320 g/mol. The maximum absolute atomic E-state index is 14.4. The van der Waals surface area contributed by atoms with E-state index >= 15 is 0 Å². The van der Waals surface area contributed by atoms with Gasteiger partial charge in [0.15, 0.2) is 11.9 Å². The summed E-state index contributed by atoms with van der Waals surface area (Å²) in [7, 11) is 0. The van der Waals surface area contributed by atoms with E-state index in [1.54, 1.807) is 0 Å². The highest BCUT2D eigenvalue weighted by atomic mass is 19.4. The van der Waals surface area contributed by atoms with Gasteiger partial charge in [-0.1, -0.05) is 6.58 Å². The molecular weight excluding hydrogens is 303 g/mol. The van der Waals surface area contributed by atoms with Crippen molar-refractivity contribution in [3.8, 4) is 0 Å². The zero-order valence-corrected chi connectivity index (χ0v) is 11.8. The number of rotatable bonds is 6. The minimum absolute atomic E-state index is 0.0128. The molecule has 0 aliphatic carbocycles. The lowest BCUT2D eigenvalue weighted by Crippen LogP contribution is -2.65. The SMILES string of the molecule is C=COC1(C)COC(OC(C)OCC)(C(F)(F)F)C1(F)F. The summed E-state index contributed by atoms with van der Waals surface area (Å²) < 4.78 is 86.6. The molecule has 3 unspecified atom stereocenters. The molecule has 1 saturated heterocycles. The summed E-state index contributed by atoms with van der Waals surface area (Å²) in [5, 5.41) is 0. The molecule has 0 saturated carbocycles.